The molecule has 0 saturated heterocycles. The fourth-order valence-corrected chi connectivity index (χ4v) is 1.87. The van der Waals surface area contributed by atoms with Crippen molar-refractivity contribution in [3.05, 3.63) is 23.8 Å². The Labute approximate surface area is 94.1 Å². The van der Waals surface area contributed by atoms with Crippen LogP contribution in [0.1, 0.15) is 12.5 Å². The van der Waals surface area contributed by atoms with Gasteiger partial charge in [0.1, 0.15) is 5.75 Å². The average molecular weight is 228 g/mol. The monoisotopic (exact) mass is 228 g/mol. The third-order valence-electron chi connectivity index (χ3n) is 1.92. The molecule has 5 heteroatoms. The second-order valence-corrected chi connectivity index (χ2v) is 4.15. The summed E-state index contributed by atoms with van der Waals surface area (Å²) in [6, 6.07) is 5.98. The molecule has 84 valence electrons. The topological polar surface area (TPSA) is 70.5 Å². The van der Waals surface area contributed by atoms with E-state index in [0.29, 0.717) is 0 Å². The maximum absolute atomic E-state index is 5.73. The van der Waals surface area contributed by atoms with Crippen LogP contribution in [0.4, 0.5) is 0 Å². The summed E-state index contributed by atoms with van der Waals surface area (Å²) < 4.78 is 9.71. The Bertz CT molecular complexity index is 318. The zero-order valence-electron chi connectivity index (χ0n) is 8.90. The molecule has 0 heterocycles. The van der Waals surface area contributed by atoms with Crippen molar-refractivity contribution in [1.82, 2.24) is 0 Å². The molecule has 1 aromatic rings. The average Bonchev–Trinajstić information content (AvgIpc) is 2.18. The van der Waals surface area contributed by atoms with Gasteiger partial charge < -0.3 is 10.5 Å². The molecule has 0 amide bonds. The van der Waals surface area contributed by atoms with Gasteiger partial charge in [0.15, 0.2) is 0 Å². The molecular formula is C10H16N2O2S. The molecule has 15 heavy (non-hydrogen) atoms. The summed E-state index contributed by atoms with van der Waals surface area (Å²) in [4.78, 5) is 0.859. The Morgan fingerprint density at radius 3 is 2.73 bits per heavy atom. The van der Waals surface area contributed by atoms with E-state index in [1.165, 1.54) is 0 Å². The second-order valence-electron chi connectivity index (χ2n) is 3.35. The van der Waals surface area contributed by atoms with Crippen LogP contribution >= 0.6 is 12.0 Å². The summed E-state index contributed by atoms with van der Waals surface area (Å²) in [7, 11) is 1.61. The Kier molecular flexibility index (Phi) is 4.90. The summed E-state index contributed by atoms with van der Waals surface area (Å²) in [5.74, 6) is 5.77. The zero-order valence-corrected chi connectivity index (χ0v) is 9.71. The van der Waals surface area contributed by atoms with Crippen LogP contribution in [0.15, 0.2) is 23.1 Å². The summed E-state index contributed by atoms with van der Waals surface area (Å²) in [6.45, 7) is 1.97. The number of ether oxygens (including phenoxy) is 1. The molecule has 0 spiro atoms. The molecule has 0 aromatic heterocycles. The molecule has 0 aliphatic rings. The molecule has 1 aromatic carbocycles. The highest BCUT2D eigenvalue weighted by Crippen LogP contribution is 2.30. The first-order valence-electron chi connectivity index (χ1n) is 4.63. The third kappa shape index (κ3) is 3.71. The van der Waals surface area contributed by atoms with E-state index >= 15 is 0 Å². The molecular weight excluding hydrogens is 212 g/mol. The highest BCUT2D eigenvalue weighted by atomic mass is 32.2. The molecule has 4 nitrogen and oxygen atoms in total. The summed E-state index contributed by atoms with van der Waals surface area (Å²) in [6.07, 6.45) is 0.822. The molecule has 0 aliphatic heterocycles. The van der Waals surface area contributed by atoms with Gasteiger partial charge in [0.05, 0.1) is 24.0 Å². The summed E-state index contributed by atoms with van der Waals surface area (Å²) >= 11 is 1.08. The highest BCUT2D eigenvalue weighted by molar-refractivity contribution is 7.94. The lowest BCUT2D eigenvalue weighted by Gasteiger charge is -2.10. The fraction of sp³-hybridized carbons (Fsp3) is 0.400. The van der Waals surface area contributed by atoms with E-state index in [0.717, 1.165) is 34.7 Å². The quantitative estimate of drug-likeness (QED) is 0.590. The van der Waals surface area contributed by atoms with Crippen molar-refractivity contribution in [2.45, 2.75) is 24.3 Å². The third-order valence-corrected chi connectivity index (χ3v) is 2.52. The number of rotatable bonds is 5. The molecule has 0 saturated carbocycles. The van der Waals surface area contributed by atoms with Gasteiger partial charge in [-0.1, -0.05) is 6.07 Å². The SMILES string of the molecule is COc1ccc(CC(C)N)cc1SON. The molecule has 0 radical (unpaired) electrons. The van der Waals surface area contributed by atoms with Crippen molar-refractivity contribution in [2.75, 3.05) is 7.11 Å². The first-order valence-corrected chi connectivity index (χ1v) is 5.37. The lowest BCUT2D eigenvalue weighted by atomic mass is 10.1. The van der Waals surface area contributed by atoms with Crippen LogP contribution in [-0.4, -0.2) is 13.2 Å². The van der Waals surface area contributed by atoms with Gasteiger partial charge in [0.25, 0.3) is 0 Å². The van der Waals surface area contributed by atoms with Gasteiger partial charge >= 0.3 is 0 Å². The van der Waals surface area contributed by atoms with Gasteiger partial charge in [-0.3, -0.25) is 0 Å². The van der Waals surface area contributed by atoms with Crippen LogP contribution in [0.3, 0.4) is 0 Å². The maximum Gasteiger partial charge on any atom is 0.134 e. The van der Waals surface area contributed by atoms with Crippen LogP contribution in [0.5, 0.6) is 5.75 Å². The van der Waals surface area contributed by atoms with Crippen LogP contribution < -0.4 is 16.4 Å². The summed E-state index contributed by atoms with van der Waals surface area (Å²) in [5.41, 5.74) is 6.87. The number of nitrogens with two attached hydrogens (primary N) is 2. The molecule has 1 rings (SSSR count). The van der Waals surface area contributed by atoms with Crippen molar-refractivity contribution >= 4 is 12.0 Å². The number of hydrogen-bond donors (Lipinski definition) is 2. The first-order chi connectivity index (χ1) is 7.17. The largest absolute Gasteiger partial charge is 0.495 e. The molecule has 1 atom stereocenters. The van der Waals surface area contributed by atoms with Crippen molar-refractivity contribution in [2.24, 2.45) is 11.6 Å². The molecule has 1 unspecified atom stereocenters. The normalized spacial score (nSPS) is 12.5. The van der Waals surface area contributed by atoms with E-state index in [2.05, 4.69) is 4.28 Å². The van der Waals surface area contributed by atoms with E-state index in [1.54, 1.807) is 7.11 Å². The molecule has 0 aliphatic carbocycles. The van der Waals surface area contributed by atoms with Crippen molar-refractivity contribution in [3.63, 3.8) is 0 Å². The van der Waals surface area contributed by atoms with Gasteiger partial charge in [0, 0.05) is 6.04 Å². The van der Waals surface area contributed by atoms with Gasteiger partial charge in [-0.05, 0) is 31.0 Å². The van der Waals surface area contributed by atoms with E-state index in [-0.39, 0.29) is 6.04 Å². The first kappa shape index (κ1) is 12.3. The zero-order chi connectivity index (χ0) is 11.3. The summed E-state index contributed by atoms with van der Waals surface area (Å²) in [5, 5.41) is 0. The van der Waals surface area contributed by atoms with Crippen LogP contribution in [0, 0.1) is 0 Å². The van der Waals surface area contributed by atoms with E-state index < -0.39 is 0 Å². The minimum absolute atomic E-state index is 0.134. The minimum atomic E-state index is 0.134. The lowest BCUT2D eigenvalue weighted by molar-refractivity contribution is 0.385. The smallest absolute Gasteiger partial charge is 0.134 e. The Balaban J connectivity index is 2.88. The van der Waals surface area contributed by atoms with E-state index in [4.69, 9.17) is 16.4 Å². The minimum Gasteiger partial charge on any atom is -0.495 e. The van der Waals surface area contributed by atoms with Gasteiger partial charge in [-0.2, -0.15) is 0 Å². The Morgan fingerprint density at radius 1 is 1.47 bits per heavy atom. The fourth-order valence-electron chi connectivity index (χ4n) is 1.34. The van der Waals surface area contributed by atoms with E-state index in [1.807, 2.05) is 25.1 Å². The Hall–Kier alpha value is -0.750. The van der Waals surface area contributed by atoms with E-state index in [9.17, 15) is 0 Å². The van der Waals surface area contributed by atoms with Crippen LogP contribution in [0.25, 0.3) is 0 Å². The van der Waals surface area contributed by atoms with Gasteiger partial charge in [-0.25, -0.2) is 10.2 Å². The van der Waals surface area contributed by atoms with Gasteiger partial charge in [0.2, 0.25) is 0 Å². The predicted octanol–water partition coefficient (Wildman–Crippen LogP) is 1.48. The predicted molar refractivity (Wildman–Crippen MR) is 61.5 cm³/mol. The highest BCUT2D eigenvalue weighted by Gasteiger charge is 2.06. The number of hydrogen-bond acceptors (Lipinski definition) is 5. The number of benzene rings is 1. The van der Waals surface area contributed by atoms with Crippen molar-refractivity contribution in [3.8, 4) is 5.75 Å². The Morgan fingerprint density at radius 2 is 2.20 bits per heavy atom. The van der Waals surface area contributed by atoms with Gasteiger partial charge in [-0.15, -0.1) is 0 Å². The second kappa shape index (κ2) is 5.97. The molecule has 0 fully saturated rings. The standard InChI is InChI=1S/C10H16N2O2S/c1-7(11)5-8-3-4-9(13-2)10(6-8)15-14-12/h3-4,6-7H,5,11-12H2,1-2H3. The van der Waals surface area contributed by atoms with Crippen molar-refractivity contribution in [1.29, 1.82) is 0 Å². The maximum atomic E-state index is 5.73. The van der Waals surface area contributed by atoms with Crippen molar-refractivity contribution < 1.29 is 9.02 Å². The molecule has 4 N–H and O–H groups in total. The van der Waals surface area contributed by atoms with Crippen LogP contribution in [-0.2, 0) is 10.7 Å². The molecule has 0 bridgehead atoms. The van der Waals surface area contributed by atoms with Crippen LogP contribution in [0.2, 0.25) is 0 Å². The number of methoxy groups -OCH3 is 1. The lowest BCUT2D eigenvalue weighted by Crippen LogP contribution is -2.17.